The highest BCUT2D eigenvalue weighted by Crippen LogP contribution is 2.38. The van der Waals surface area contributed by atoms with Gasteiger partial charge >= 0.3 is 0 Å². The van der Waals surface area contributed by atoms with Gasteiger partial charge in [0.15, 0.2) is 11.5 Å². The molecule has 4 aromatic rings. The van der Waals surface area contributed by atoms with E-state index in [4.69, 9.17) is 21.1 Å². The number of fused-ring (bicyclic) bond motifs is 1. The number of likely N-dealkylation sites (tertiary alicyclic amines) is 1. The molecule has 0 spiro atoms. The molecule has 0 saturated carbocycles. The smallest absolute Gasteiger partial charge is 0.221 e. The number of pyridine rings is 1. The van der Waals surface area contributed by atoms with E-state index in [1.807, 2.05) is 36.4 Å². The Hall–Kier alpha value is -3.75. The fourth-order valence-electron chi connectivity index (χ4n) is 5.01. The first-order valence-electron chi connectivity index (χ1n) is 13.2. The summed E-state index contributed by atoms with van der Waals surface area (Å²) in [5, 5.41) is 4.14. The number of hydrogen-bond donors (Lipinski definition) is 1. The molecule has 1 fully saturated rings. The topological polar surface area (TPSA) is 89.5 Å². The highest BCUT2D eigenvalue weighted by Gasteiger charge is 2.20. The van der Waals surface area contributed by atoms with E-state index in [0.717, 1.165) is 65.8 Å². The minimum Gasteiger partial charge on any atom is -0.493 e. The van der Waals surface area contributed by atoms with Crippen molar-refractivity contribution >= 4 is 34.1 Å². The van der Waals surface area contributed by atoms with E-state index in [1.165, 1.54) is 6.92 Å². The van der Waals surface area contributed by atoms with Crippen molar-refractivity contribution in [2.24, 2.45) is 5.92 Å². The lowest BCUT2D eigenvalue weighted by atomic mass is 9.98. The SMILES string of the molecule is CCN1CCC(COc2cc3ncnc(-c4ccc(NC(C)=O)c(-c5ccc(Cl)nc5)c4)c3cc2OC)CC1. The molecular weight excluding hydrogens is 514 g/mol. The summed E-state index contributed by atoms with van der Waals surface area (Å²) in [5.74, 6) is 1.69. The third-order valence-electron chi connectivity index (χ3n) is 7.19. The van der Waals surface area contributed by atoms with Crippen molar-refractivity contribution in [3.63, 3.8) is 0 Å². The number of amides is 1. The number of ether oxygens (including phenoxy) is 2. The van der Waals surface area contributed by atoms with Crippen LogP contribution >= 0.6 is 11.6 Å². The van der Waals surface area contributed by atoms with Crippen molar-refractivity contribution in [1.29, 1.82) is 0 Å². The molecule has 202 valence electrons. The molecule has 0 atom stereocenters. The van der Waals surface area contributed by atoms with Gasteiger partial charge in [-0.05, 0) is 68.7 Å². The van der Waals surface area contributed by atoms with Crippen molar-refractivity contribution in [2.75, 3.05) is 38.7 Å². The molecule has 3 heterocycles. The van der Waals surface area contributed by atoms with Gasteiger partial charge in [0.2, 0.25) is 5.91 Å². The minimum atomic E-state index is -0.161. The molecule has 1 saturated heterocycles. The summed E-state index contributed by atoms with van der Waals surface area (Å²) >= 11 is 6.01. The van der Waals surface area contributed by atoms with Crippen LogP contribution in [0.1, 0.15) is 26.7 Å². The number of benzene rings is 2. The second-order valence-corrected chi connectivity index (χ2v) is 10.1. The summed E-state index contributed by atoms with van der Waals surface area (Å²) in [6.45, 7) is 7.67. The minimum absolute atomic E-state index is 0.161. The van der Waals surface area contributed by atoms with Gasteiger partial charge in [0.1, 0.15) is 11.5 Å². The number of anilines is 1. The molecule has 0 aliphatic carbocycles. The predicted octanol–water partition coefficient (Wildman–Crippen LogP) is 6.09. The second-order valence-electron chi connectivity index (χ2n) is 9.74. The summed E-state index contributed by atoms with van der Waals surface area (Å²) < 4.78 is 12.0. The second kappa shape index (κ2) is 12.0. The third kappa shape index (κ3) is 6.13. The normalized spacial score (nSPS) is 14.4. The van der Waals surface area contributed by atoms with E-state index in [-0.39, 0.29) is 5.91 Å². The highest BCUT2D eigenvalue weighted by atomic mass is 35.5. The van der Waals surface area contributed by atoms with E-state index >= 15 is 0 Å². The first-order valence-corrected chi connectivity index (χ1v) is 13.5. The quantitative estimate of drug-likeness (QED) is 0.268. The van der Waals surface area contributed by atoms with E-state index < -0.39 is 0 Å². The van der Waals surface area contributed by atoms with Crippen LogP contribution in [0.3, 0.4) is 0 Å². The highest BCUT2D eigenvalue weighted by molar-refractivity contribution is 6.29. The fraction of sp³-hybridized carbons (Fsp3) is 0.333. The van der Waals surface area contributed by atoms with Gasteiger partial charge in [-0.2, -0.15) is 0 Å². The molecule has 0 bridgehead atoms. The van der Waals surface area contributed by atoms with Crippen LogP contribution in [0, 0.1) is 5.92 Å². The molecule has 1 aliphatic rings. The zero-order chi connectivity index (χ0) is 27.4. The maximum atomic E-state index is 11.9. The summed E-state index contributed by atoms with van der Waals surface area (Å²) in [6, 6.07) is 13.2. The largest absolute Gasteiger partial charge is 0.493 e. The van der Waals surface area contributed by atoms with Gasteiger partial charge < -0.3 is 19.7 Å². The molecule has 2 aromatic carbocycles. The summed E-state index contributed by atoms with van der Waals surface area (Å²) in [5.41, 5.74) is 4.67. The summed E-state index contributed by atoms with van der Waals surface area (Å²) in [4.78, 5) is 27.7. The Labute approximate surface area is 233 Å². The average molecular weight is 546 g/mol. The van der Waals surface area contributed by atoms with Crippen molar-refractivity contribution in [3.05, 3.63) is 60.1 Å². The molecule has 0 unspecified atom stereocenters. The van der Waals surface area contributed by atoms with E-state index in [2.05, 4.69) is 32.1 Å². The molecular formula is C30H32ClN5O3. The number of aromatic nitrogens is 3. The number of piperidine rings is 1. The van der Waals surface area contributed by atoms with Gasteiger partial charge in [-0.3, -0.25) is 4.79 Å². The first-order chi connectivity index (χ1) is 18.9. The lowest BCUT2D eigenvalue weighted by Gasteiger charge is -2.30. The monoisotopic (exact) mass is 545 g/mol. The molecule has 8 nitrogen and oxygen atoms in total. The van der Waals surface area contributed by atoms with Crippen LogP contribution < -0.4 is 14.8 Å². The maximum Gasteiger partial charge on any atom is 0.221 e. The number of hydrogen-bond acceptors (Lipinski definition) is 7. The molecule has 39 heavy (non-hydrogen) atoms. The lowest BCUT2D eigenvalue weighted by Crippen LogP contribution is -2.35. The maximum absolute atomic E-state index is 11.9. The molecule has 1 N–H and O–H groups in total. The summed E-state index contributed by atoms with van der Waals surface area (Å²) in [6.07, 6.45) is 5.51. The van der Waals surface area contributed by atoms with Crippen LogP contribution in [-0.2, 0) is 4.79 Å². The Morgan fingerprint density at radius 3 is 2.54 bits per heavy atom. The van der Waals surface area contributed by atoms with Crippen LogP contribution in [0.2, 0.25) is 5.15 Å². The molecule has 5 rings (SSSR count). The Morgan fingerprint density at radius 2 is 1.85 bits per heavy atom. The number of nitrogens with zero attached hydrogens (tertiary/aromatic N) is 4. The molecule has 1 aliphatic heterocycles. The van der Waals surface area contributed by atoms with E-state index in [1.54, 1.807) is 25.7 Å². The van der Waals surface area contributed by atoms with Gasteiger partial charge in [0.05, 0.1) is 24.9 Å². The van der Waals surface area contributed by atoms with Crippen LogP contribution in [0.25, 0.3) is 33.3 Å². The number of rotatable bonds is 8. The Kier molecular flexibility index (Phi) is 8.24. The lowest BCUT2D eigenvalue weighted by molar-refractivity contribution is -0.114. The van der Waals surface area contributed by atoms with Crippen LogP contribution in [0.15, 0.2) is 55.0 Å². The van der Waals surface area contributed by atoms with Crippen LogP contribution in [-0.4, -0.2) is 59.1 Å². The summed E-state index contributed by atoms with van der Waals surface area (Å²) in [7, 11) is 1.64. The molecule has 0 radical (unpaired) electrons. The van der Waals surface area contributed by atoms with Gasteiger partial charge in [-0.25, -0.2) is 15.0 Å². The Balaban J connectivity index is 1.49. The van der Waals surface area contributed by atoms with Crippen molar-refractivity contribution in [1.82, 2.24) is 19.9 Å². The Bertz CT molecular complexity index is 1470. The number of carbonyl (C=O) groups excluding carboxylic acids is 1. The molecule has 1 amide bonds. The Morgan fingerprint density at radius 1 is 1.05 bits per heavy atom. The van der Waals surface area contributed by atoms with Crippen molar-refractivity contribution in [3.8, 4) is 33.9 Å². The van der Waals surface area contributed by atoms with Gasteiger partial charge in [-0.15, -0.1) is 0 Å². The van der Waals surface area contributed by atoms with Crippen LogP contribution in [0.5, 0.6) is 11.5 Å². The fourth-order valence-corrected chi connectivity index (χ4v) is 5.12. The van der Waals surface area contributed by atoms with E-state index in [0.29, 0.717) is 34.9 Å². The van der Waals surface area contributed by atoms with Gasteiger partial charge in [-0.1, -0.05) is 24.6 Å². The first kappa shape index (κ1) is 26.8. The van der Waals surface area contributed by atoms with Crippen molar-refractivity contribution in [2.45, 2.75) is 26.7 Å². The van der Waals surface area contributed by atoms with Crippen molar-refractivity contribution < 1.29 is 14.3 Å². The van der Waals surface area contributed by atoms with Gasteiger partial charge in [0, 0.05) is 47.0 Å². The number of halogens is 1. The zero-order valence-corrected chi connectivity index (χ0v) is 23.2. The predicted molar refractivity (Wildman–Crippen MR) is 154 cm³/mol. The number of carbonyl (C=O) groups is 1. The van der Waals surface area contributed by atoms with Gasteiger partial charge in [0.25, 0.3) is 0 Å². The average Bonchev–Trinajstić information content (AvgIpc) is 2.96. The molecule has 2 aromatic heterocycles. The van der Waals surface area contributed by atoms with E-state index in [9.17, 15) is 4.79 Å². The standard InChI is InChI=1S/C30H32ClN5O3/c1-4-36-11-9-20(10-12-36)17-39-28-15-26-24(14-27(28)38-3)30(34-18-33-26)21-5-7-25(35-19(2)37)23(13-21)22-6-8-29(31)32-16-22/h5-8,13-16,18,20H,4,9-12,17H2,1-3H3,(H,35,37). The third-order valence-corrected chi connectivity index (χ3v) is 7.42. The number of nitrogens with one attached hydrogen (secondary N) is 1. The molecule has 9 heteroatoms. The number of methoxy groups -OCH3 is 1. The van der Waals surface area contributed by atoms with Crippen LogP contribution in [0.4, 0.5) is 5.69 Å². The zero-order valence-electron chi connectivity index (χ0n) is 22.4.